The van der Waals surface area contributed by atoms with E-state index < -0.39 is 17.7 Å². The lowest BCUT2D eigenvalue weighted by Crippen LogP contribution is -2.08. The van der Waals surface area contributed by atoms with Gasteiger partial charge in [0.15, 0.2) is 11.6 Å². The lowest BCUT2D eigenvalue weighted by molar-refractivity contribution is 0.227. The number of nitrogens with two attached hydrogens (primary N) is 1. The predicted octanol–water partition coefficient (Wildman–Crippen LogP) is 6.61. The molecule has 0 aliphatic heterocycles. The highest BCUT2D eigenvalue weighted by atomic mass is 35.5. The summed E-state index contributed by atoms with van der Waals surface area (Å²) in [6.45, 7) is 8.68. The van der Waals surface area contributed by atoms with Crippen molar-refractivity contribution in [2.75, 3.05) is 5.73 Å². The van der Waals surface area contributed by atoms with Crippen molar-refractivity contribution in [1.82, 2.24) is 4.98 Å². The summed E-state index contributed by atoms with van der Waals surface area (Å²) in [5, 5.41) is 0.115. The molecule has 28 heavy (non-hydrogen) atoms. The molecular weight excluding hydrogens is 407 g/mol. The average Bonchev–Trinajstić information content (AvgIpc) is 2.67. The molecule has 3 aromatic rings. The summed E-state index contributed by atoms with van der Waals surface area (Å²) in [6.07, 6.45) is 0.762. The zero-order valence-electron chi connectivity index (χ0n) is 14.5. The van der Waals surface area contributed by atoms with E-state index in [4.69, 9.17) is 40.2 Å². The number of ether oxygens (including phenoxy) is 1. The fourth-order valence-electron chi connectivity index (χ4n) is 2.65. The summed E-state index contributed by atoms with van der Waals surface area (Å²) < 4.78 is 33.2. The zero-order chi connectivity index (χ0) is 20.4. The first-order valence-corrected chi connectivity index (χ1v) is 8.80. The molecule has 0 saturated heterocycles. The van der Waals surface area contributed by atoms with E-state index in [1.54, 1.807) is 13.0 Å². The second-order valence-electron chi connectivity index (χ2n) is 5.90. The number of benzene rings is 2. The molecule has 1 heterocycles. The Hall–Kier alpha value is -2.88. The van der Waals surface area contributed by atoms with Crippen LogP contribution >= 0.6 is 23.2 Å². The number of rotatable bonds is 4. The third kappa shape index (κ3) is 3.86. The minimum absolute atomic E-state index is 0.103. The standard InChI is InChI=1S/C20H13Cl2F2N3O/c1-10(18-13(21)4-6-15(24)19(18)22)28-17-8-12(9-27-20(17)25)11-3-5-14(23)16(7-11)26-2/h3-10H,1H3,(H2,25,27). The Morgan fingerprint density at radius 3 is 2.54 bits per heavy atom. The predicted molar refractivity (Wildman–Crippen MR) is 106 cm³/mol. The number of anilines is 1. The molecule has 0 radical (unpaired) electrons. The molecule has 0 aliphatic rings. The molecule has 142 valence electrons. The quantitative estimate of drug-likeness (QED) is 0.382. The van der Waals surface area contributed by atoms with Crippen molar-refractivity contribution in [3.05, 3.63) is 81.3 Å². The number of halogens is 4. The fourth-order valence-corrected chi connectivity index (χ4v) is 3.33. The zero-order valence-corrected chi connectivity index (χ0v) is 16.0. The monoisotopic (exact) mass is 419 g/mol. The maximum absolute atomic E-state index is 13.8. The SMILES string of the molecule is [C-]#[N+]c1cc(-c2cnc(N)c(OC(C)c3c(Cl)ccc(F)c3Cl)c2)ccc1F. The van der Waals surface area contributed by atoms with Crippen LogP contribution in [0.15, 0.2) is 42.6 Å². The molecular formula is C20H13Cl2F2N3O. The summed E-state index contributed by atoms with van der Waals surface area (Å²) in [5.41, 5.74) is 7.21. The molecule has 0 saturated carbocycles. The molecule has 0 bridgehead atoms. The van der Waals surface area contributed by atoms with E-state index >= 15 is 0 Å². The Kier molecular flexibility index (Phi) is 5.68. The highest BCUT2D eigenvalue weighted by Crippen LogP contribution is 2.37. The van der Waals surface area contributed by atoms with Crippen LogP contribution in [0.1, 0.15) is 18.6 Å². The first-order chi connectivity index (χ1) is 13.3. The van der Waals surface area contributed by atoms with Crippen molar-refractivity contribution in [3.8, 4) is 16.9 Å². The number of hydrogen-bond acceptors (Lipinski definition) is 3. The lowest BCUT2D eigenvalue weighted by Gasteiger charge is -2.19. The van der Waals surface area contributed by atoms with Crippen molar-refractivity contribution >= 4 is 34.7 Å². The topological polar surface area (TPSA) is 52.5 Å². The van der Waals surface area contributed by atoms with Crippen LogP contribution in [-0.4, -0.2) is 4.98 Å². The number of nitrogens with zero attached hydrogens (tertiary/aromatic N) is 2. The lowest BCUT2D eigenvalue weighted by atomic mass is 10.1. The third-order valence-corrected chi connectivity index (χ3v) is 4.79. The van der Waals surface area contributed by atoms with Crippen molar-refractivity contribution in [2.24, 2.45) is 0 Å². The Morgan fingerprint density at radius 1 is 1.11 bits per heavy atom. The van der Waals surface area contributed by atoms with Gasteiger partial charge in [0.05, 0.1) is 11.6 Å². The highest BCUT2D eigenvalue weighted by Gasteiger charge is 2.20. The van der Waals surface area contributed by atoms with Crippen molar-refractivity contribution in [2.45, 2.75) is 13.0 Å². The van der Waals surface area contributed by atoms with Gasteiger partial charge >= 0.3 is 0 Å². The number of pyridine rings is 1. The van der Waals surface area contributed by atoms with Gasteiger partial charge in [-0.15, -0.1) is 0 Å². The molecule has 0 amide bonds. The fraction of sp³-hybridized carbons (Fsp3) is 0.100. The van der Waals surface area contributed by atoms with Gasteiger partial charge in [0.1, 0.15) is 17.7 Å². The number of hydrogen-bond donors (Lipinski definition) is 1. The molecule has 2 aromatic carbocycles. The molecule has 1 aromatic heterocycles. The van der Waals surface area contributed by atoms with Gasteiger partial charge in [0.2, 0.25) is 5.69 Å². The van der Waals surface area contributed by atoms with Crippen LogP contribution in [0.2, 0.25) is 10.0 Å². The van der Waals surface area contributed by atoms with Crippen LogP contribution in [0.3, 0.4) is 0 Å². The Balaban J connectivity index is 1.97. The first-order valence-electron chi connectivity index (χ1n) is 8.04. The van der Waals surface area contributed by atoms with Crippen LogP contribution in [-0.2, 0) is 0 Å². The van der Waals surface area contributed by atoms with Gasteiger partial charge in [-0.3, -0.25) is 0 Å². The molecule has 0 spiro atoms. The molecule has 3 rings (SSSR count). The molecule has 4 nitrogen and oxygen atoms in total. The second-order valence-corrected chi connectivity index (χ2v) is 6.69. The van der Waals surface area contributed by atoms with E-state index in [0.29, 0.717) is 11.1 Å². The number of nitrogen functional groups attached to an aromatic ring is 1. The van der Waals surface area contributed by atoms with Crippen LogP contribution in [0.25, 0.3) is 16.0 Å². The second kappa shape index (κ2) is 8.01. The summed E-state index contributed by atoms with van der Waals surface area (Å²) >= 11 is 12.2. The van der Waals surface area contributed by atoms with Gasteiger partial charge in [0.25, 0.3) is 0 Å². The van der Waals surface area contributed by atoms with Gasteiger partial charge in [0, 0.05) is 22.3 Å². The van der Waals surface area contributed by atoms with E-state index in [0.717, 1.165) is 0 Å². The minimum atomic E-state index is -0.720. The molecule has 8 heteroatoms. The van der Waals surface area contributed by atoms with Crippen molar-refractivity contribution in [1.29, 1.82) is 0 Å². The van der Waals surface area contributed by atoms with E-state index in [2.05, 4.69) is 9.83 Å². The van der Waals surface area contributed by atoms with Gasteiger partial charge < -0.3 is 10.5 Å². The summed E-state index contributed by atoms with van der Waals surface area (Å²) in [7, 11) is 0. The van der Waals surface area contributed by atoms with Crippen LogP contribution in [0.5, 0.6) is 5.75 Å². The van der Waals surface area contributed by atoms with E-state index in [1.807, 2.05) is 0 Å². The van der Waals surface area contributed by atoms with Crippen molar-refractivity contribution < 1.29 is 13.5 Å². The maximum atomic E-state index is 13.8. The Morgan fingerprint density at radius 2 is 1.82 bits per heavy atom. The van der Waals surface area contributed by atoms with Crippen LogP contribution in [0, 0.1) is 18.2 Å². The van der Waals surface area contributed by atoms with Gasteiger partial charge in [-0.25, -0.2) is 18.6 Å². The summed E-state index contributed by atoms with van der Waals surface area (Å²) in [4.78, 5) is 7.23. The normalized spacial score (nSPS) is 11.7. The largest absolute Gasteiger partial charge is 0.482 e. The third-order valence-electron chi connectivity index (χ3n) is 4.07. The molecule has 1 atom stereocenters. The minimum Gasteiger partial charge on any atom is -0.482 e. The van der Waals surface area contributed by atoms with Gasteiger partial charge in [-0.2, -0.15) is 0 Å². The highest BCUT2D eigenvalue weighted by molar-refractivity contribution is 6.36. The van der Waals surface area contributed by atoms with Gasteiger partial charge in [-0.05, 0) is 42.8 Å². The smallest absolute Gasteiger partial charge is 0.222 e. The molecule has 2 N–H and O–H groups in total. The Bertz CT molecular complexity index is 1100. The van der Waals surface area contributed by atoms with E-state index in [9.17, 15) is 8.78 Å². The number of aromatic nitrogens is 1. The summed E-state index contributed by atoms with van der Waals surface area (Å²) in [6, 6.07) is 8.28. The molecule has 1 unspecified atom stereocenters. The van der Waals surface area contributed by atoms with Crippen molar-refractivity contribution in [3.63, 3.8) is 0 Å². The van der Waals surface area contributed by atoms with E-state index in [1.165, 1.54) is 36.5 Å². The first kappa shape index (κ1) is 19.9. The Labute approximate surface area is 170 Å². The average molecular weight is 420 g/mol. The summed E-state index contributed by atoms with van der Waals surface area (Å²) in [5.74, 6) is -0.904. The molecule has 0 fully saturated rings. The molecule has 0 aliphatic carbocycles. The van der Waals surface area contributed by atoms with Gasteiger partial charge in [-0.1, -0.05) is 29.3 Å². The van der Waals surface area contributed by atoms with Crippen LogP contribution < -0.4 is 10.5 Å². The maximum Gasteiger partial charge on any atom is 0.222 e. The van der Waals surface area contributed by atoms with E-state index in [-0.39, 0.29) is 32.9 Å². The van der Waals surface area contributed by atoms with Crippen LogP contribution in [0.4, 0.5) is 20.3 Å².